The molecule has 0 heterocycles. The molecule has 0 aliphatic rings. The van der Waals surface area contributed by atoms with Crippen LogP contribution in [-0.2, 0) is 0 Å². The molecule has 1 nitrogen and oxygen atoms in total. The van der Waals surface area contributed by atoms with Gasteiger partial charge in [0.15, 0.2) is 0 Å². The van der Waals surface area contributed by atoms with Gasteiger partial charge in [-0.3, -0.25) is 0 Å². The SMILES string of the molecule is c1ccc(-c2cccc(N(c3ccc4ccc5ccccc5c4c3)c3ccc(-c4ccc5ccc6ccc7ccccc7c6c5c4)cc3-c3ccccc3)c2)cc1. The highest BCUT2D eigenvalue weighted by atomic mass is 15.1. The molecule has 0 saturated heterocycles. The van der Waals surface area contributed by atoms with E-state index in [2.05, 4.69) is 229 Å². The molecule has 0 aromatic heterocycles. The van der Waals surface area contributed by atoms with E-state index in [4.69, 9.17) is 0 Å². The fourth-order valence-corrected chi connectivity index (χ4v) is 8.78. The van der Waals surface area contributed by atoms with Crippen LogP contribution in [0.25, 0.3) is 87.2 Å². The maximum absolute atomic E-state index is 2.44. The molecule has 0 spiro atoms. The van der Waals surface area contributed by atoms with Gasteiger partial charge in [0, 0.05) is 16.9 Å². The molecule has 0 bridgehead atoms. The second-order valence-electron chi connectivity index (χ2n) is 14.9. The third-order valence-electron chi connectivity index (χ3n) is 11.6. The largest absolute Gasteiger partial charge is 0.310 e. The number of fused-ring (bicyclic) bond motifs is 8. The Balaban J connectivity index is 1.15. The first kappa shape index (κ1) is 32.9. The van der Waals surface area contributed by atoms with Gasteiger partial charge in [-0.05, 0) is 124 Å². The third-order valence-corrected chi connectivity index (χ3v) is 11.6. The van der Waals surface area contributed by atoms with E-state index in [0.29, 0.717) is 0 Å². The van der Waals surface area contributed by atoms with E-state index in [9.17, 15) is 0 Å². The lowest BCUT2D eigenvalue weighted by Gasteiger charge is -2.29. The molecule has 0 amide bonds. The summed E-state index contributed by atoms with van der Waals surface area (Å²) in [5.74, 6) is 0. The van der Waals surface area contributed by atoms with Gasteiger partial charge in [0.05, 0.1) is 5.69 Å². The second-order valence-corrected chi connectivity index (χ2v) is 14.9. The van der Waals surface area contributed by atoms with Crippen molar-refractivity contribution >= 4 is 70.9 Å². The Labute approximate surface area is 332 Å². The number of nitrogens with zero attached hydrogens (tertiary/aromatic N) is 1. The zero-order valence-electron chi connectivity index (χ0n) is 31.3. The average molecular weight is 724 g/mol. The van der Waals surface area contributed by atoms with Gasteiger partial charge in [0.2, 0.25) is 0 Å². The molecule has 0 radical (unpaired) electrons. The van der Waals surface area contributed by atoms with Crippen LogP contribution in [0.4, 0.5) is 17.1 Å². The first-order valence-electron chi connectivity index (χ1n) is 19.7. The molecule has 0 saturated carbocycles. The summed E-state index contributed by atoms with van der Waals surface area (Å²) in [7, 11) is 0. The number of hydrogen-bond donors (Lipinski definition) is 0. The fourth-order valence-electron chi connectivity index (χ4n) is 8.78. The molecule has 11 aromatic rings. The van der Waals surface area contributed by atoms with E-state index in [0.717, 1.165) is 17.1 Å². The van der Waals surface area contributed by atoms with Crippen molar-refractivity contribution in [3.8, 4) is 33.4 Å². The highest BCUT2D eigenvalue weighted by Crippen LogP contribution is 2.45. The van der Waals surface area contributed by atoms with E-state index >= 15 is 0 Å². The predicted octanol–water partition coefficient (Wildman–Crippen LogP) is 15.9. The first-order valence-corrected chi connectivity index (χ1v) is 19.7. The Morgan fingerprint density at radius 1 is 0.246 bits per heavy atom. The minimum Gasteiger partial charge on any atom is -0.310 e. The zero-order valence-corrected chi connectivity index (χ0v) is 31.3. The van der Waals surface area contributed by atoms with Crippen LogP contribution < -0.4 is 4.90 Å². The van der Waals surface area contributed by atoms with Crippen molar-refractivity contribution in [3.63, 3.8) is 0 Å². The van der Waals surface area contributed by atoms with Crippen molar-refractivity contribution in [1.29, 1.82) is 0 Å². The molecule has 0 fully saturated rings. The lowest BCUT2D eigenvalue weighted by molar-refractivity contribution is 1.29. The highest BCUT2D eigenvalue weighted by molar-refractivity contribution is 6.20. The Bertz CT molecular complexity index is 3290. The monoisotopic (exact) mass is 723 g/mol. The Morgan fingerprint density at radius 3 is 1.53 bits per heavy atom. The van der Waals surface area contributed by atoms with E-state index < -0.39 is 0 Å². The van der Waals surface area contributed by atoms with E-state index in [1.54, 1.807) is 0 Å². The van der Waals surface area contributed by atoms with Gasteiger partial charge in [0.1, 0.15) is 0 Å². The van der Waals surface area contributed by atoms with Crippen molar-refractivity contribution in [1.82, 2.24) is 0 Å². The first-order chi connectivity index (χ1) is 28.2. The second kappa shape index (κ2) is 13.7. The van der Waals surface area contributed by atoms with E-state index in [1.807, 2.05) is 0 Å². The minimum atomic E-state index is 1.10. The molecular formula is C56H37N. The lowest BCUT2D eigenvalue weighted by atomic mass is 9.92. The molecule has 1 heteroatoms. The quantitative estimate of drug-likeness (QED) is 0.154. The number of benzene rings is 11. The maximum Gasteiger partial charge on any atom is 0.0540 e. The summed E-state index contributed by atoms with van der Waals surface area (Å²) < 4.78 is 0. The van der Waals surface area contributed by atoms with Gasteiger partial charge >= 0.3 is 0 Å². The summed E-state index contributed by atoms with van der Waals surface area (Å²) in [6.45, 7) is 0. The van der Waals surface area contributed by atoms with Crippen LogP contribution in [0.3, 0.4) is 0 Å². The zero-order chi connectivity index (χ0) is 37.7. The van der Waals surface area contributed by atoms with Crippen LogP contribution >= 0.6 is 0 Å². The topological polar surface area (TPSA) is 3.24 Å². The van der Waals surface area contributed by atoms with Crippen molar-refractivity contribution in [3.05, 3.63) is 224 Å². The van der Waals surface area contributed by atoms with E-state index in [-0.39, 0.29) is 0 Å². The Hall–Kier alpha value is -7.48. The van der Waals surface area contributed by atoms with Crippen molar-refractivity contribution in [2.75, 3.05) is 4.90 Å². The van der Waals surface area contributed by atoms with Gasteiger partial charge in [0.25, 0.3) is 0 Å². The summed E-state index contributed by atoms with van der Waals surface area (Å²) in [5.41, 5.74) is 10.4. The van der Waals surface area contributed by atoms with Crippen LogP contribution in [0, 0.1) is 0 Å². The molecule has 57 heavy (non-hydrogen) atoms. The number of anilines is 3. The summed E-state index contributed by atoms with van der Waals surface area (Å²) in [6, 6.07) is 82.2. The molecule has 0 atom stereocenters. The number of rotatable bonds is 6. The normalized spacial score (nSPS) is 11.5. The van der Waals surface area contributed by atoms with E-state index in [1.165, 1.54) is 87.2 Å². The molecule has 0 aliphatic heterocycles. The van der Waals surface area contributed by atoms with Crippen LogP contribution in [0.2, 0.25) is 0 Å². The number of hydrogen-bond acceptors (Lipinski definition) is 1. The van der Waals surface area contributed by atoms with Gasteiger partial charge in [-0.15, -0.1) is 0 Å². The van der Waals surface area contributed by atoms with Crippen molar-refractivity contribution in [2.24, 2.45) is 0 Å². The van der Waals surface area contributed by atoms with Crippen LogP contribution in [0.1, 0.15) is 0 Å². The maximum atomic E-state index is 2.44. The summed E-state index contributed by atoms with van der Waals surface area (Å²) in [5, 5.41) is 12.6. The molecule has 11 aromatic carbocycles. The summed E-state index contributed by atoms with van der Waals surface area (Å²) >= 11 is 0. The highest BCUT2D eigenvalue weighted by Gasteiger charge is 2.20. The van der Waals surface area contributed by atoms with Crippen molar-refractivity contribution in [2.45, 2.75) is 0 Å². The molecule has 0 N–H and O–H groups in total. The van der Waals surface area contributed by atoms with Gasteiger partial charge in [-0.2, -0.15) is 0 Å². The lowest BCUT2D eigenvalue weighted by Crippen LogP contribution is -2.11. The molecule has 266 valence electrons. The van der Waals surface area contributed by atoms with Crippen molar-refractivity contribution < 1.29 is 0 Å². The fraction of sp³-hybridized carbons (Fsp3) is 0. The standard InChI is InChI=1S/C56H37N/c1-3-12-38(13-4-1)45-18-11-19-48(34-45)57(49-32-30-42-23-22-40-16-7-9-20-50(40)52(42)37-49)55-33-31-47(35-53(55)39-14-5-2-6-15-39)46-29-26-43-25-28-44-27-24-41-17-8-10-21-51(41)56(44)54(43)36-46/h1-37H. The predicted molar refractivity (Wildman–Crippen MR) is 245 cm³/mol. The van der Waals surface area contributed by atoms with Crippen LogP contribution in [-0.4, -0.2) is 0 Å². The summed E-state index contributed by atoms with van der Waals surface area (Å²) in [6.07, 6.45) is 0. The van der Waals surface area contributed by atoms with Gasteiger partial charge < -0.3 is 4.90 Å². The molecule has 0 aliphatic carbocycles. The van der Waals surface area contributed by atoms with Gasteiger partial charge in [-0.1, -0.05) is 182 Å². The smallest absolute Gasteiger partial charge is 0.0540 e. The van der Waals surface area contributed by atoms with Crippen LogP contribution in [0.5, 0.6) is 0 Å². The minimum absolute atomic E-state index is 1.10. The molecule has 11 rings (SSSR count). The molecular weight excluding hydrogens is 687 g/mol. The molecule has 0 unspecified atom stereocenters. The Kier molecular flexibility index (Phi) is 7.89. The summed E-state index contributed by atoms with van der Waals surface area (Å²) in [4.78, 5) is 2.44. The third kappa shape index (κ3) is 5.80. The van der Waals surface area contributed by atoms with Gasteiger partial charge in [-0.25, -0.2) is 0 Å². The van der Waals surface area contributed by atoms with Crippen LogP contribution in [0.15, 0.2) is 224 Å². The average Bonchev–Trinajstić information content (AvgIpc) is 3.29. The Morgan fingerprint density at radius 2 is 0.754 bits per heavy atom.